The first-order valence-electron chi connectivity index (χ1n) is 2.91. The summed E-state index contributed by atoms with van der Waals surface area (Å²) >= 11 is 7.87. The molecule has 2 rings (SSSR count). The molecule has 0 radical (unpaired) electrons. The average molecular weight is 279 g/mol. The van der Waals surface area contributed by atoms with Gasteiger partial charge in [0.05, 0.1) is 12.4 Å². The molecule has 0 spiro atoms. The minimum absolute atomic E-state index is 0.480. The molecule has 11 heavy (non-hydrogen) atoms. The van der Waals surface area contributed by atoms with Crippen LogP contribution in [0, 0.1) is 3.70 Å². The van der Waals surface area contributed by atoms with Crippen molar-refractivity contribution in [3.8, 4) is 0 Å². The van der Waals surface area contributed by atoms with Crippen molar-refractivity contribution in [3.63, 3.8) is 0 Å². The third-order valence-corrected chi connectivity index (χ3v) is 2.31. The Hall–Kier alpha value is -0.360. The normalized spacial score (nSPS) is 10.7. The minimum Gasteiger partial charge on any atom is -0.291 e. The maximum atomic E-state index is 5.68. The van der Waals surface area contributed by atoms with Gasteiger partial charge in [0.15, 0.2) is 5.65 Å². The number of halogens is 2. The van der Waals surface area contributed by atoms with E-state index < -0.39 is 0 Å². The van der Waals surface area contributed by atoms with E-state index in [4.69, 9.17) is 11.6 Å². The molecule has 0 atom stereocenters. The largest absolute Gasteiger partial charge is 0.291 e. The number of imidazole rings is 1. The van der Waals surface area contributed by atoms with Crippen molar-refractivity contribution < 1.29 is 0 Å². The van der Waals surface area contributed by atoms with Gasteiger partial charge in [-0.2, -0.15) is 0 Å². The van der Waals surface area contributed by atoms with Crippen molar-refractivity contribution in [2.45, 2.75) is 0 Å². The van der Waals surface area contributed by atoms with E-state index in [0.717, 1.165) is 9.35 Å². The highest BCUT2D eigenvalue weighted by molar-refractivity contribution is 14.1. The van der Waals surface area contributed by atoms with Gasteiger partial charge in [0.1, 0.15) is 8.85 Å². The van der Waals surface area contributed by atoms with Crippen LogP contribution in [0.3, 0.4) is 0 Å². The van der Waals surface area contributed by atoms with Gasteiger partial charge in [0.2, 0.25) is 0 Å². The molecule has 0 aliphatic carbocycles. The Morgan fingerprint density at radius 2 is 2.18 bits per heavy atom. The first kappa shape index (κ1) is 7.30. The fourth-order valence-corrected chi connectivity index (χ4v) is 1.51. The van der Waals surface area contributed by atoms with Crippen molar-refractivity contribution in [1.82, 2.24) is 14.4 Å². The number of fused-ring (bicyclic) bond motifs is 1. The number of hydrogen-bond acceptors (Lipinski definition) is 2. The monoisotopic (exact) mass is 279 g/mol. The Morgan fingerprint density at radius 1 is 1.36 bits per heavy atom. The highest BCUT2D eigenvalue weighted by Gasteiger charge is 1.99. The Balaban J connectivity index is 2.87. The van der Waals surface area contributed by atoms with Gasteiger partial charge in [-0.15, -0.1) is 0 Å². The zero-order valence-corrected chi connectivity index (χ0v) is 8.24. The predicted octanol–water partition coefficient (Wildman–Crippen LogP) is 1.99. The molecule has 3 nitrogen and oxygen atoms in total. The number of nitrogens with zero attached hydrogens (tertiary/aromatic N) is 3. The van der Waals surface area contributed by atoms with Crippen LogP contribution in [0.15, 0.2) is 18.6 Å². The van der Waals surface area contributed by atoms with E-state index in [9.17, 15) is 0 Å². The Morgan fingerprint density at radius 3 is 3.00 bits per heavy atom. The third-order valence-electron chi connectivity index (χ3n) is 1.32. The van der Waals surface area contributed by atoms with Gasteiger partial charge in [0.25, 0.3) is 0 Å². The Bertz CT molecular complexity index is 398. The summed E-state index contributed by atoms with van der Waals surface area (Å²) in [6.45, 7) is 0. The van der Waals surface area contributed by atoms with Crippen molar-refractivity contribution >= 4 is 39.8 Å². The van der Waals surface area contributed by atoms with Gasteiger partial charge in [-0.1, -0.05) is 11.6 Å². The molecule has 0 fully saturated rings. The van der Waals surface area contributed by atoms with E-state index >= 15 is 0 Å². The SMILES string of the molecule is Clc1cn2c(I)cnc2cn1. The summed E-state index contributed by atoms with van der Waals surface area (Å²) in [5.41, 5.74) is 0.818. The number of rotatable bonds is 0. The lowest BCUT2D eigenvalue weighted by atomic mass is 10.7. The lowest BCUT2D eigenvalue weighted by Gasteiger charge is -1.93. The predicted molar refractivity (Wildman–Crippen MR) is 50.7 cm³/mol. The maximum Gasteiger partial charge on any atom is 0.156 e. The minimum atomic E-state index is 0.480. The first-order chi connectivity index (χ1) is 5.27. The van der Waals surface area contributed by atoms with Gasteiger partial charge in [-0.3, -0.25) is 4.40 Å². The highest BCUT2D eigenvalue weighted by atomic mass is 127. The summed E-state index contributed by atoms with van der Waals surface area (Å²) in [5, 5.41) is 0.480. The molecule has 0 aliphatic heterocycles. The molecule has 0 unspecified atom stereocenters. The van der Waals surface area contributed by atoms with Crippen LogP contribution >= 0.6 is 34.2 Å². The second-order valence-electron chi connectivity index (χ2n) is 2.02. The van der Waals surface area contributed by atoms with Crippen molar-refractivity contribution in [1.29, 1.82) is 0 Å². The van der Waals surface area contributed by atoms with E-state index in [-0.39, 0.29) is 0 Å². The Kier molecular flexibility index (Phi) is 1.72. The van der Waals surface area contributed by atoms with Crippen LogP contribution in [-0.2, 0) is 0 Å². The summed E-state index contributed by atoms with van der Waals surface area (Å²) in [6.07, 6.45) is 5.16. The van der Waals surface area contributed by atoms with E-state index in [1.165, 1.54) is 0 Å². The van der Waals surface area contributed by atoms with Gasteiger partial charge in [0, 0.05) is 6.20 Å². The van der Waals surface area contributed by atoms with Gasteiger partial charge >= 0.3 is 0 Å². The summed E-state index contributed by atoms with van der Waals surface area (Å²) in [5.74, 6) is 0. The van der Waals surface area contributed by atoms with Crippen LogP contribution in [0.4, 0.5) is 0 Å². The molecule has 0 amide bonds. The number of hydrogen-bond donors (Lipinski definition) is 0. The molecule has 0 saturated carbocycles. The molecular formula is C6H3ClIN3. The van der Waals surface area contributed by atoms with Crippen molar-refractivity contribution in [2.75, 3.05) is 0 Å². The second-order valence-corrected chi connectivity index (χ2v) is 3.51. The lowest BCUT2D eigenvalue weighted by Crippen LogP contribution is -1.87. The molecule has 0 aliphatic rings. The van der Waals surface area contributed by atoms with Crippen LogP contribution in [0.2, 0.25) is 5.15 Å². The molecule has 2 aromatic rings. The molecule has 0 aromatic carbocycles. The summed E-state index contributed by atoms with van der Waals surface area (Å²) < 4.78 is 2.91. The van der Waals surface area contributed by atoms with Gasteiger partial charge in [-0.05, 0) is 22.6 Å². The molecule has 5 heteroatoms. The third kappa shape index (κ3) is 1.20. The van der Waals surface area contributed by atoms with E-state index in [1.54, 1.807) is 18.6 Å². The van der Waals surface area contributed by atoms with Crippen LogP contribution in [0.25, 0.3) is 5.65 Å². The quantitative estimate of drug-likeness (QED) is 0.690. The summed E-state index contributed by atoms with van der Waals surface area (Å²) in [6, 6.07) is 0. The highest BCUT2D eigenvalue weighted by Crippen LogP contribution is 2.10. The van der Waals surface area contributed by atoms with Crippen molar-refractivity contribution in [3.05, 3.63) is 27.4 Å². The van der Waals surface area contributed by atoms with E-state index in [1.807, 2.05) is 4.40 Å². The lowest BCUT2D eigenvalue weighted by molar-refractivity contribution is 1.10. The standard InChI is InChI=1S/C6H3ClIN3/c7-4-3-11-5(8)1-10-6(11)2-9-4/h1-3H. The molecule has 56 valence electrons. The van der Waals surface area contributed by atoms with Crippen LogP contribution < -0.4 is 0 Å². The zero-order valence-electron chi connectivity index (χ0n) is 5.33. The Labute approximate surface area is 81.6 Å². The van der Waals surface area contributed by atoms with E-state index in [0.29, 0.717) is 5.15 Å². The zero-order chi connectivity index (χ0) is 7.84. The van der Waals surface area contributed by atoms with Crippen LogP contribution in [-0.4, -0.2) is 14.4 Å². The number of aromatic nitrogens is 3. The fourth-order valence-electron chi connectivity index (χ4n) is 0.836. The maximum absolute atomic E-state index is 5.68. The van der Waals surface area contributed by atoms with Gasteiger partial charge in [-0.25, -0.2) is 9.97 Å². The smallest absolute Gasteiger partial charge is 0.156 e. The van der Waals surface area contributed by atoms with Gasteiger partial charge < -0.3 is 0 Å². The average Bonchev–Trinajstić information content (AvgIpc) is 2.33. The topological polar surface area (TPSA) is 30.2 Å². The van der Waals surface area contributed by atoms with Crippen LogP contribution in [0.1, 0.15) is 0 Å². The van der Waals surface area contributed by atoms with E-state index in [2.05, 4.69) is 32.6 Å². The molecule has 0 N–H and O–H groups in total. The van der Waals surface area contributed by atoms with Crippen molar-refractivity contribution in [2.24, 2.45) is 0 Å². The second kappa shape index (κ2) is 2.60. The fraction of sp³-hybridized carbons (Fsp3) is 0. The molecule has 2 heterocycles. The molecule has 0 bridgehead atoms. The molecular weight excluding hydrogens is 276 g/mol. The molecule has 0 saturated heterocycles. The summed E-state index contributed by atoms with van der Waals surface area (Å²) in [7, 11) is 0. The van der Waals surface area contributed by atoms with Crippen LogP contribution in [0.5, 0.6) is 0 Å². The molecule has 2 aromatic heterocycles. The first-order valence-corrected chi connectivity index (χ1v) is 4.37. The summed E-state index contributed by atoms with van der Waals surface area (Å²) in [4.78, 5) is 7.99.